The summed E-state index contributed by atoms with van der Waals surface area (Å²) in [4.78, 5) is 27.3. The van der Waals surface area contributed by atoms with Crippen LogP contribution in [0, 0.1) is 17.8 Å². The summed E-state index contributed by atoms with van der Waals surface area (Å²) in [6.07, 6.45) is 11.3. The van der Waals surface area contributed by atoms with Crippen molar-refractivity contribution in [2.24, 2.45) is 17.8 Å². The Morgan fingerprint density at radius 1 is 0.846 bits per heavy atom. The Labute approximate surface area is 158 Å². The van der Waals surface area contributed by atoms with Gasteiger partial charge >= 0.3 is 6.03 Å². The van der Waals surface area contributed by atoms with E-state index < -0.39 is 0 Å². The molecule has 1 heterocycles. The summed E-state index contributed by atoms with van der Waals surface area (Å²) < 4.78 is 0. The van der Waals surface area contributed by atoms with E-state index in [9.17, 15) is 9.59 Å². The molecule has 0 radical (unpaired) electrons. The zero-order chi connectivity index (χ0) is 18.5. The number of urea groups is 1. The fourth-order valence-corrected chi connectivity index (χ4v) is 4.98. The second-order valence-corrected chi connectivity index (χ2v) is 8.95. The predicted molar refractivity (Wildman–Crippen MR) is 104 cm³/mol. The first kappa shape index (κ1) is 19.5. The van der Waals surface area contributed by atoms with Crippen LogP contribution in [0.4, 0.5) is 4.79 Å². The quantitative estimate of drug-likeness (QED) is 0.803. The van der Waals surface area contributed by atoms with Crippen LogP contribution in [-0.4, -0.2) is 42.0 Å². The van der Waals surface area contributed by atoms with E-state index in [0.29, 0.717) is 24.4 Å². The summed E-state index contributed by atoms with van der Waals surface area (Å²) in [7, 11) is 0. The summed E-state index contributed by atoms with van der Waals surface area (Å²) in [6, 6.07) is 0.666. The molecule has 0 aromatic heterocycles. The molecular weight excluding hydrogens is 326 g/mol. The number of likely N-dealkylation sites (tertiary alicyclic amines) is 1. The number of hydrogen-bond acceptors (Lipinski definition) is 2. The van der Waals surface area contributed by atoms with Gasteiger partial charge in [0.15, 0.2) is 0 Å². The lowest BCUT2D eigenvalue weighted by Gasteiger charge is -2.38. The predicted octanol–water partition coefficient (Wildman–Crippen LogP) is 3.68. The van der Waals surface area contributed by atoms with Crippen molar-refractivity contribution in [1.82, 2.24) is 15.5 Å². The minimum Gasteiger partial charge on any atom is -0.353 e. The van der Waals surface area contributed by atoms with E-state index >= 15 is 0 Å². The third kappa shape index (κ3) is 4.92. The Hall–Kier alpha value is -1.26. The molecule has 0 aromatic carbocycles. The lowest BCUT2D eigenvalue weighted by Crippen LogP contribution is -2.53. The molecule has 1 saturated heterocycles. The summed E-state index contributed by atoms with van der Waals surface area (Å²) in [6.45, 7) is 5.89. The fourth-order valence-electron chi connectivity index (χ4n) is 4.98. The van der Waals surface area contributed by atoms with Gasteiger partial charge in [0.2, 0.25) is 5.91 Å². The van der Waals surface area contributed by atoms with E-state index in [4.69, 9.17) is 0 Å². The molecule has 3 rings (SSSR count). The van der Waals surface area contributed by atoms with Crippen LogP contribution in [-0.2, 0) is 4.79 Å². The number of carbonyl (C=O) groups excluding carboxylic acids is 2. The van der Waals surface area contributed by atoms with Crippen LogP contribution < -0.4 is 10.6 Å². The van der Waals surface area contributed by atoms with Crippen molar-refractivity contribution in [2.45, 2.75) is 90.1 Å². The van der Waals surface area contributed by atoms with Crippen molar-refractivity contribution >= 4 is 11.9 Å². The Bertz CT molecular complexity index is 490. The maximum Gasteiger partial charge on any atom is 0.317 e. The van der Waals surface area contributed by atoms with Gasteiger partial charge in [0.25, 0.3) is 0 Å². The molecule has 5 heteroatoms. The third-order valence-corrected chi connectivity index (χ3v) is 7.05. The van der Waals surface area contributed by atoms with Gasteiger partial charge in [-0.15, -0.1) is 0 Å². The molecule has 3 fully saturated rings. The Morgan fingerprint density at radius 3 is 2.38 bits per heavy atom. The van der Waals surface area contributed by atoms with Crippen LogP contribution in [0.25, 0.3) is 0 Å². The van der Waals surface area contributed by atoms with Crippen molar-refractivity contribution in [3.8, 4) is 0 Å². The van der Waals surface area contributed by atoms with Gasteiger partial charge in [0, 0.05) is 25.2 Å². The first-order chi connectivity index (χ1) is 12.5. The first-order valence-corrected chi connectivity index (χ1v) is 10.9. The van der Waals surface area contributed by atoms with Crippen molar-refractivity contribution < 1.29 is 9.59 Å². The lowest BCUT2D eigenvalue weighted by molar-refractivity contribution is -0.127. The van der Waals surface area contributed by atoms with Crippen molar-refractivity contribution in [1.29, 1.82) is 0 Å². The topological polar surface area (TPSA) is 61.4 Å². The zero-order valence-corrected chi connectivity index (χ0v) is 16.6. The summed E-state index contributed by atoms with van der Waals surface area (Å²) >= 11 is 0. The van der Waals surface area contributed by atoms with Crippen LogP contribution in [0.2, 0.25) is 0 Å². The molecule has 0 unspecified atom stereocenters. The summed E-state index contributed by atoms with van der Waals surface area (Å²) in [5.74, 6) is 1.32. The molecular formula is C21H37N3O2. The van der Waals surface area contributed by atoms with Crippen LogP contribution in [0.15, 0.2) is 0 Å². The highest BCUT2D eigenvalue weighted by molar-refractivity contribution is 5.81. The Morgan fingerprint density at radius 2 is 1.62 bits per heavy atom. The Kier molecular flexibility index (Phi) is 6.82. The van der Waals surface area contributed by atoms with Gasteiger partial charge in [-0.2, -0.15) is 0 Å². The second kappa shape index (κ2) is 9.09. The molecule has 148 valence electrons. The van der Waals surface area contributed by atoms with Gasteiger partial charge < -0.3 is 15.5 Å². The number of nitrogens with one attached hydrogen (secondary N) is 2. The average molecular weight is 364 g/mol. The van der Waals surface area contributed by atoms with E-state index in [-0.39, 0.29) is 23.9 Å². The van der Waals surface area contributed by atoms with Crippen molar-refractivity contribution in [3.63, 3.8) is 0 Å². The molecule has 26 heavy (non-hydrogen) atoms. The normalized spacial score (nSPS) is 33.5. The fraction of sp³-hybridized carbons (Fsp3) is 0.905. The highest BCUT2D eigenvalue weighted by atomic mass is 16.2. The number of hydrogen-bond donors (Lipinski definition) is 2. The molecule has 2 aliphatic carbocycles. The molecule has 3 amide bonds. The second-order valence-electron chi connectivity index (χ2n) is 8.95. The minimum atomic E-state index is -0.0425. The summed E-state index contributed by atoms with van der Waals surface area (Å²) in [5, 5.41) is 6.51. The smallest absolute Gasteiger partial charge is 0.317 e. The SMILES string of the molecule is C[C@@H]1[C@H](C)CCC[C@@H]1NC(=O)N1CCC[C@H](C(=O)NC2CCCCC2)C1. The van der Waals surface area contributed by atoms with E-state index in [1.54, 1.807) is 0 Å². The summed E-state index contributed by atoms with van der Waals surface area (Å²) in [5.41, 5.74) is 0. The van der Waals surface area contributed by atoms with Crippen molar-refractivity contribution in [2.75, 3.05) is 13.1 Å². The highest BCUT2D eigenvalue weighted by Crippen LogP contribution is 2.30. The van der Waals surface area contributed by atoms with E-state index in [2.05, 4.69) is 24.5 Å². The van der Waals surface area contributed by atoms with Gasteiger partial charge in [-0.05, 0) is 43.9 Å². The van der Waals surface area contributed by atoms with Crippen LogP contribution in [0.3, 0.4) is 0 Å². The molecule has 0 bridgehead atoms. The largest absolute Gasteiger partial charge is 0.353 e. The minimum absolute atomic E-state index is 0.0334. The van der Waals surface area contributed by atoms with Gasteiger partial charge in [-0.25, -0.2) is 4.79 Å². The number of carbonyl (C=O) groups is 2. The molecule has 5 nitrogen and oxygen atoms in total. The van der Waals surface area contributed by atoms with E-state index in [1.807, 2.05) is 4.90 Å². The maximum atomic E-state index is 12.8. The number of piperidine rings is 1. The van der Waals surface area contributed by atoms with Gasteiger partial charge in [-0.1, -0.05) is 46.0 Å². The van der Waals surface area contributed by atoms with Gasteiger partial charge in [0.05, 0.1) is 5.92 Å². The molecule has 4 atom stereocenters. The standard InChI is InChI=1S/C21H37N3O2/c1-15-8-6-12-19(16(15)2)23-21(26)24-13-7-9-17(14-24)20(25)22-18-10-4-3-5-11-18/h15-19H,3-14H2,1-2H3,(H,22,25)(H,23,26)/t15-,16-,17+,19+/m1/s1. The van der Waals surface area contributed by atoms with Crippen LogP contribution >= 0.6 is 0 Å². The number of amides is 3. The van der Waals surface area contributed by atoms with Crippen molar-refractivity contribution in [3.05, 3.63) is 0 Å². The molecule has 2 N–H and O–H groups in total. The first-order valence-electron chi connectivity index (χ1n) is 10.9. The zero-order valence-electron chi connectivity index (χ0n) is 16.6. The molecule has 3 aliphatic rings. The highest BCUT2D eigenvalue weighted by Gasteiger charge is 2.33. The lowest BCUT2D eigenvalue weighted by atomic mass is 9.78. The van der Waals surface area contributed by atoms with E-state index in [1.165, 1.54) is 32.1 Å². The van der Waals surface area contributed by atoms with Gasteiger partial charge in [-0.3, -0.25) is 4.79 Å². The van der Waals surface area contributed by atoms with Crippen LogP contribution in [0.5, 0.6) is 0 Å². The Balaban J connectivity index is 1.49. The maximum absolute atomic E-state index is 12.8. The van der Waals surface area contributed by atoms with E-state index in [0.717, 1.165) is 38.6 Å². The molecule has 0 aromatic rings. The van der Waals surface area contributed by atoms with Gasteiger partial charge in [0.1, 0.15) is 0 Å². The number of nitrogens with zero attached hydrogens (tertiary/aromatic N) is 1. The molecule has 1 aliphatic heterocycles. The number of rotatable bonds is 3. The molecule has 0 spiro atoms. The third-order valence-electron chi connectivity index (χ3n) is 7.05. The monoisotopic (exact) mass is 363 g/mol. The van der Waals surface area contributed by atoms with Crippen LogP contribution in [0.1, 0.15) is 78.1 Å². The average Bonchev–Trinajstić information content (AvgIpc) is 2.66. The molecule has 2 saturated carbocycles.